The second-order valence-corrected chi connectivity index (χ2v) is 6.89. The molecule has 1 aliphatic carbocycles. The van der Waals surface area contributed by atoms with E-state index in [-0.39, 0.29) is 0 Å². The summed E-state index contributed by atoms with van der Waals surface area (Å²) >= 11 is 1.64. The van der Waals surface area contributed by atoms with Crippen molar-refractivity contribution in [2.45, 2.75) is 38.5 Å². The summed E-state index contributed by atoms with van der Waals surface area (Å²) in [5.74, 6) is 0.374. The molecule has 1 aromatic rings. The summed E-state index contributed by atoms with van der Waals surface area (Å²) < 4.78 is 0. The lowest BCUT2D eigenvalue weighted by Gasteiger charge is -2.30. The lowest BCUT2D eigenvalue weighted by atomic mass is 10.0. The van der Waals surface area contributed by atoms with E-state index in [0.717, 1.165) is 34.7 Å². The summed E-state index contributed by atoms with van der Waals surface area (Å²) in [5, 5.41) is 9.87. The van der Waals surface area contributed by atoms with Gasteiger partial charge in [-0.05, 0) is 37.7 Å². The van der Waals surface area contributed by atoms with Gasteiger partial charge in [-0.3, -0.25) is 0 Å². The van der Waals surface area contributed by atoms with Gasteiger partial charge in [-0.15, -0.1) is 0 Å². The van der Waals surface area contributed by atoms with Gasteiger partial charge in [0, 0.05) is 25.1 Å². The molecule has 1 saturated carbocycles. The first kappa shape index (κ1) is 13.6. The molecule has 4 nitrogen and oxygen atoms in total. The fraction of sp³-hybridized carbons (Fsp3) is 0.600. The van der Waals surface area contributed by atoms with Crippen molar-refractivity contribution >= 4 is 28.5 Å². The highest BCUT2D eigenvalue weighted by atomic mass is 32.1. The van der Waals surface area contributed by atoms with Crippen LogP contribution >= 0.6 is 11.3 Å². The summed E-state index contributed by atoms with van der Waals surface area (Å²) in [5.41, 5.74) is 1.11. The van der Waals surface area contributed by atoms with E-state index in [1.165, 1.54) is 31.8 Å². The number of piperidine rings is 1. The average molecular weight is 292 g/mol. The van der Waals surface area contributed by atoms with Crippen molar-refractivity contribution < 1.29 is 9.90 Å². The molecule has 1 N–H and O–H groups in total. The molecule has 2 heterocycles. The molecule has 5 heteroatoms. The van der Waals surface area contributed by atoms with Crippen molar-refractivity contribution in [1.82, 2.24) is 4.98 Å². The van der Waals surface area contributed by atoms with Gasteiger partial charge in [0.15, 0.2) is 5.13 Å². The standard InChI is InChI=1S/C15H20N2O2S/c1-10-3-2-8-17(9-10)15-16-14(11-4-5-11)12(20-15)6-7-13(18)19/h6-7,10-11H,2-5,8-9H2,1H3,(H,18,19)/b7-6+. The Labute approximate surface area is 123 Å². The van der Waals surface area contributed by atoms with Crippen LogP contribution in [0.25, 0.3) is 6.08 Å². The highest BCUT2D eigenvalue weighted by Gasteiger charge is 2.30. The van der Waals surface area contributed by atoms with Crippen molar-refractivity contribution in [3.05, 3.63) is 16.6 Å². The van der Waals surface area contributed by atoms with E-state index in [2.05, 4.69) is 11.8 Å². The molecule has 1 saturated heterocycles. The van der Waals surface area contributed by atoms with Crippen molar-refractivity contribution in [2.75, 3.05) is 18.0 Å². The van der Waals surface area contributed by atoms with Gasteiger partial charge in [-0.1, -0.05) is 18.3 Å². The Kier molecular flexibility index (Phi) is 3.78. The smallest absolute Gasteiger partial charge is 0.328 e. The van der Waals surface area contributed by atoms with Gasteiger partial charge in [-0.2, -0.15) is 0 Å². The van der Waals surface area contributed by atoms with Crippen LogP contribution in [0.3, 0.4) is 0 Å². The lowest BCUT2D eigenvalue weighted by Crippen LogP contribution is -2.34. The molecule has 2 fully saturated rings. The second kappa shape index (κ2) is 5.56. The van der Waals surface area contributed by atoms with Crippen molar-refractivity contribution in [1.29, 1.82) is 0 Å². The van der Waals surface area contributed by atoms with Gasteiger partial charge in [0.05, 0.1) is 10.6 Å². The first-order valence-corrected chi connectivity index (χ1v) is 8.12. The van der Waals surface area contributed by atoms with Crippen LogP contribution in [0.15, 0.2) is 6.08 Å². The van der Waals surface area contributed by atoms with Crippen LogP contribution in [0.1, 0.15) is 49.1 Å². The predicted molar refractivity (Wildman–Crippen MR) is 81.4 cm³/mol. The third-order valence-electron chi connectivity index (χ3n) is 3.94. The number of nitrogens with zero attached hydrogens (tertiary/aromatic N) is 2. The molecule has 3 rings (SSSR count). The average Bonchev–Trinajstić information content (AvgIpc) is 3.16. The number of carbonyl (C=O) groups is 1. The number of aliphatic carboxylic acids is 1. The zero-order valence-corrected chi connectivity index (χ0v) is 12.5. The summed E-state index contributed by atoms with van der Waals surface area (Å²) in [7, 11) is 0. The van der Waals surface area contributed by atoms with E-state index >= 15 is 0 Å². The van der Waals surface area contributed by atoms with Crippen molar-refractivity contribution in [3.63, 3.8) is 0 Å². The van der Waals surface area contributed by atoms with Gasteiger partial charge in [0.1, 0.15) is 0 Å². The molecule has 0 spiro atoms. The summed E-state index contributed by atoms with van der Waals surface area (Å²) in [6.45, 7) is 4.43. The van der Waals surface area contributed by atoms with Crippen molar-refractivity contribution in [3.8, 4) is 0 Å². The van der Waals surface area contributed by atoms with Crippen LogP contribution in [0.2, 0.25) is 0 Å². The third kappa shape index (κ3) is 3.03. The lowest BCUT2D eigenvalue weighted by molar-refractivity contribution is -0.131. The minimum absolute atomic E-state index is 0.552. The Hall–Kier alpha value is -1.36. The van der Waals surface area contributed by atoms with Crippen LogP contribution in [0.4, 0.5) is 5.13 Å². The maximum absolute atomic E-state index is 10.7. The summed E-state index contributed by atoms with van der Waals surface area (Å²) in [4.78, 5) is 18.9. The molecule has 20 heavy (non-hydrogen) atoms. The quantitative estimate of drug-likeness (QED) is 0.865. The molecule has 2 aliphatic rings. The Bertz CT molecular complexity index is 534. The van der Waals surface area contributed by atoms with E-state index in [9.17, 15) is 4.79 Å². The first-order chi connectivity index (χ1) is 9.63. The maximum atomic E-state index is 10.7. The Balaban J connectivity index is 1.84. The number of thiazole rings is 1. The van der Waals surface area contributed by atoms with E-state index in [1.54, 1.807) is 17.4 Å². The molecular formula is C15H20N2O2S. The highest BCUT2D eigenvalue weighted by molar-refractivity contribution is 7.16. The number of carboxylic acids is 1. The molecule has 1 unspecified atom stereocenters. The molecule has 108 valence electrons. The van der Waals surface area contributed by atoms with E-state index in [4.69, 9.17) is 10.1 Å². The van der Waals surface area contributed by atoms with Crippen LogP contribution in [-0.4, -0.2) is 29.1 Å². The van der Waals surface area contributed by atoms with Gasteiger partial charge in [0.2, 0.25) is 0 Å². The van der Waals surface area contributed by atoms with Gasteiger partial charge in [-0.25, -0.2) is 9.78 Å². The zero-order chi connectivity index (χ0) is 14.1. The number of anilines is 1. The minimum atomic E-state index is -0.895. The largest absolute Gasteiger partial charge is 0.478 e. The second-order valence-electron chi connectivity index (χ2n) is 5.89. The number of aromatic nitrogens is 1. The fourth-order valence-corrected chi connectivity index (χ4v) is 3.83. The molecule has 0 amide bonds. The third-order valence-corrected chi connectivity index (χ3v) is 5.04. The fourth-order valence-electron chi connectivity index (χ4n) is 2.75. The maximum Gasteiger partial charge on any atom is 0.328 e. The van der Waals surface area contributed by atoms with Crippen molar-refractivity contribution in [2.24, 2.45) is 5.92 Å². The first-order valence-electron chi connectivity index (χ1n) is 7.30. The SMILES string of the molecule is CC1CCCN(c2nc(C3CC3)c(/C=C/C(=O)O)s2)C1. The number of hydrogen-bond donors (Lipinski definition) is 1. The number of carboxylic acid groups (broad SMARTS) is 1. The Morgan fingerprint density at radius 3 is 2.90 bits per heavy atom. The molecule has 0 bridgehead atoms. The topological polar surface area (TPSA) is 53.4 Å². The van der Waals surface area contributed by atoms with Crippen LogP contribution in [0, 0.1) is 5.92 Å². The number of hydrogen-bond acceptors (Lipinski definition) is 4. The molecule has 1 aliphatic heterocycles. The van der Waals surface area contributed by atoms with Gasteiger partial charge in [0.25, 0.3) is 0 Å². The molecule has 1 aromatic heterocycles. The predicted octanol–water partition coefficient (Wildman–Crippen LogP) is 3.35. The molecule has 0 aromatic carbocycles. The Morgan fingerprint density at radius 1 is 1.45 bits per heavy atom. The molecular weight excluding hydrogens is 272 g/mol. The summed E-state index contributed by atoms with van der Waals surface area (Å²) in [6, 6.07) is 0. The van der Waals surface area contributed by atoms with Crippen LogP contribution in [0.5, 0.6) is 0 Å². The van der Waals surface area contributed by atoms with Gasteiger partial charge < -0.3 is 10.0 Å². The normalized spacial score (nSPS) is 23.4. The van der Waals surface area contributed by atoms with E-state index in [1.807, 2.05) is 0 Å². The van der Waals surface area contributed by atoms with E-state index in [0.29, 0.717) is 5.92 Å². The van der Waals surface area contributed by atoms with Gasteiger partial charge >= 0.3 is 5.97 Å². The van der Waals surface area contributed by atoms with Crippen LogP contribution < -0.4 is 4.90 Å². The minimum Gasteiger partial charge on any atom is -0.478 e. The zero-order valence-electron chi connectivity index (χ0n) is 11.7. The highest BCUT2D eigenvalue weighted by Crippen LogP contribution is 2.45. The number of rotatable bonds is 4. The van der Waals surface area contributed by atoms with Crippen LogP contribution in [-0.2, 0) is 4.79 Å². The summed E-state index contributed by atoms with van der Waals surface area (Å²) in [6.07, 6.45) is 7.83. The van der Waals surface area contributed by atoms with E-state index < -0.39 is 5.97 Å². The molecule has 1 atom stereocenters. The Morgan fingerprint density at radius 2 is 2.25 bits per heavy atom. The molecule has 0 radical (unpaired) electrons. The monoisotopic (exact) mass is 292 g/mol.